The number of hydrogen-bond donors (Lipinski definition) is 0. The van der Waals surface area contributed by atoms with Crippen molar-refractivity contribution < 1.29 is 0 Å². The van der Waals surface area contributed by atoms with Gasteiger partial charge in [-0.1, -0.05) is 26.8 Å². The van der Waals surface area contributed by atoms with E-state index in [-0.39, 0.29) is 0 Å². The Kier molecular flexibility index (Phi) is 2.92. The predicted octanol–water partition coefficient (Wildman–Crippen LogP) is 4.62. The Labute approximate surface area is 118 Å². The molecular weight excluding hydrogens is 230 g/mol. The lowest BCUT2D eigenvalue weighted by atomic mass is 9.90. The Morgan fingerprint density at radius 2 is 1.79 bits per heavy atom. The molecule has 3 rings (SSSR count). The lowest BCUT2D eigenvalue weighted by molar-refractivity contribution is 0.531. The van der Waals surface area contributed by atoms with Crippen LogP contribution in [0, 0.1) is 12.8 Å². The van der Waals surface area contributed by atoms with E-state index in [1.54, 1.807) is 27.9 Å². The smallest absolute Gasteiger partial charge is 0.0437 e. The van der Waals surface area contributed by atoms with E-state index in [1.165, 1.54) is 6.42 Å². The van der Waals surface area contributed by atoms with Gasteiger partial charge in [-0.15, -0.1) is 0 Å². The molecule has 0 radical (unpaired) electrons. The third kappa shape index (κ3) is 1.60. The number of likely N-dealkylation sites (N-methyl/N-ethyl adjacent to an activating group) is 1. The van der Waals surface area contributed by atoms with E-state index < -0.39 is 0 Å². The minimum atomic E-state index is 0.647. The van der Waals surface area contributed by atoms with Crippen molar-refractivity contribution in [3.63, 3.8) is 0 Å². The quantitative estimate of drug-likeness (QED) is 0.709. The Balaban J connectivity index is 2.21. The third-order valence-electron chi connectivity index (χ3n) is 5.94. The van der Waals surface area contributed by atoms with E-state index in [0.717, 1.165) is 18.4 Å². The summed E-state index contributed by atoms with van der Waals surface area (Å²) in [5.41, 5.74) is 8.02. The molecule has 0 N–H and O–H groups in total. The van der Waals surface area contributed by atoms with E-state index in [1.807, 2.05) is 0 Å². The SMILES string of the molecule is CCN1c2c(cc3c(c2C)C[C@H](C)[C@@H]3C)[C@H](C)[C@@H]1C. The van der Waals surface area contributed by atoms with Crippen LogP contribution >= 0.6 is 0 Å². The van der Waals surface area contributed by atoms with Gasteiger partial charge >= 0.3 is 0 Å². The molecule has 0 fully saturated rings. The zero-order valence-electron chi connectivity index (χ0n) is 13.2. The second kappa shape index (κ2) is 4.26. The van der Waals surface area contributed by atoms with Crippen LogP contribution in [0.1, 0.15) is 68.7 Å². The Morgan fingerprint density at radius 3 is 2.42 bits per heavy atom. The van der Waals surface area contributed by atoms with Crippen LogP contribution in [0.3, 0.4) is 0 Å². The summed E-state index contributed by atoms with van der Waals surface area (Å²) in [5.74, 6) is 2.21. The Hall–Kier alpha value is -0.980. The van der Waals surface area contributed by atoms with Crippen LogP contribution in [0.25, 0.3) is 0 Å². The zero-order chi connectivity index (χ0) is 13.9. The van der Waals surface area contributed by atoms with E-state index >= 15 is 0 Å². The predicted molar refractivity (Wildman–Crippen MR) is 83.4 cm³/mol. The zero-order valence-corrected chi connectivity index (χ0v) is 13.2. The molecule has 0 bridgehead atoms. The number of hydrogen-bond acceptors (Lipinski definition) is 1. The molecule has 0 saturated carbocycles. The number of anilines is 1. The monoisotopic (exact) mass is 257 g/mol. The van der Waals surface area contributed by atoms with Crippen molar-refractivity contribution in [3.8, 4) is 0 Å². The summed E-state index contributed by atoms with van der Waals surface area (Å²) >= 11 is 0. The number of rotatable bonds is 1. The molecule has 1 aromatic carbocycles. The van der Waals surface area contributed by atoms with Crippen LogP contribution in [0.2, 0.25) is 0 Å². The molecule has 0 spiro atoms. The Bertz CT molecular complexity index is 517. The minimum absolute atomic E-state index is 0.647. The molecule has 1 aliphatic carbocycles. The molecular formula is C18H27N. The van der Waals surface area contributed by atoms with Crippen molar-refractivity contribution in [2.45, 2.75) is 65.8 Å². The molecule has 0 aromatic heterocycles. The fourth-order valence-electron chi connectivity index (χ4n) is 4.29. The first-order valence-corrected chi connectivity index (χ1v) is 7.90. The minimum Gasteiger partial charge on any atom is -0.368 e. The maximum atomic E-state index is 2.61. The van der Waals surface area contributed by atoms with E-state index in [9.17, 15) is 0 Å². The van der Waals surface area contributed by atoms with Gasteiger partial charge in [0.2, 0.25) is 0 Å². The van der Waals surface area contributed by atoms with Crippen molar-refractivity contribution >= 4 is 5.69 Å². The van der Waals surface area contributed by atoms with E-state index in [2.05, 4.69) is 52.5 Å². The first-order valence-electron chi connectivity index (χ1n) is 7.90. The summed E-state index contributed by atoms with van der Waals surface area (Å²) in [6.07, 6.45) is 1.27. The molecule has 1 nitrogen and oxygen atoms in total. The lowest BCUT2D eigenvalue weighted by Gasteiger charge is -2.26. The maximum absolute atomic E-state index is 2.61. The highest BCUT2D eigenvalue weighted by Gasteiger charge is 2.37. The van der Waals surface area contributed by atoms with Crippen LogP contribution < -0.4 is 4.90 Å². The van der Waals surface area contributed by atoms with Crippen LogP contribution in [0.5, 0.6) is 0 Å². The van der Waals surface area contributed by atoms with Gasteiger partial charge in [-0.2, -0.15) is 0 Å². The summed E-state index contributed by atoms with van der Waals surface area (Å²) < 4.78 is 0. The van der Waals surface area contributed by atoms with Crippen molar-refractivity contribution in [1.82, 2.24) is 0 Å². The van der Waals surface area contributed by atoms with Gasteiger partial charge in [0.05, 0.1) is 0 Å². The fourth-order valence-corrected chi connectivity index (χ4v) is 4.29. The number of fused-ring (bicyclic) bond motifs is 2. The highest BCUT2D eigenvalue weighted by molar-refractivity contribution is 5.70. The Morgan fingerprint density at radius 1 is 1.11 bits per heavy atom. The summed E-state index contributed by atoms with van der Waals surface area (Å²) in [7, 11) is 0. The molecule has 1 heteroatoms. The van der Waals surface area contributed by atoms with Gasteiger partial charge in [0.25, 0.3) is 0 Å². The number of benzene rings is 1. The summed E-state index contributed by atoms with van der Waals surface area (Å²) in [6, 6.07) is 3.19. The molecule has 1 heterocycles. The van der Waals surface area contributed by atoms with Gasteiger partial charge in [-0.25, -0.2) is 0 Å². The van der Waals surface area contributed by atoms with Gasteiger partial charge in [-0.05, 0) is 61.3 Å². The molecule has 2 aliphatic rings. The molecule has 0 unspecified atom stereocenters. The standard InChI is InChI=1S/C18H27N/c1-7-19-14(6)12(4)17-9-16-11(3)10(2)8-15(16)13(5)18(17)19/h9-12,14H,7-8H2,1-6H3/t10-,11-,12+,14-/m0/s1. The summed E-state index contributed by atoms with van der Waals surface area (Å²) in [6.45, 7) is 15.4. The second-order valence-electron chi connectivity index (χ2n) is 6.79. The van der Waals surface area contributed by atoms with E-state index in [0.29, 0.717) is 12.0 Å². The molecule has 104 valence electrons. The van der Waals surface area contributed by atoms with Crippen LogP contribution in [-0.2, 0) is 6.42 Å². The van der Waals surface area contributed by atoms with Crippen molar-refractivity contribution in [1.29, 1.82) is 0 Å². The first kappa shape index (κ1) is 13.0. The summed E-state index contributed by atoms with van der Waals surface area (Å²) in [5, 5.41) is 0. The maximum Gasteiger partial charge on any atom is 0.0437 e. The molecule has 1 aromatic rings. The van der Waals surface area contributed by atoms with Gasteiger partial charge < -0.3 is 4.90 Å². The molecule has 0 saturated heterocycles. The van der Waals surface area contributed by atoms with Crippen LogP contribution in [0.4, 0.5) is 5.69 Å². The van der Waals surface area contributed by atoms with Gasteiger partial charge in [0, 0.05) is 24.2 Å². The molecule has 0 amide bonds. The van der Waals surface area contributed by atoms with Crippen molar-refractivity contribution in [3.05, 3.63) is 28.3 Å². The summed E-state index contributed by atoms with van der Waals surface area (Å²) in [4.78, 5) is 2.61. The van der Waals surface area contributed by atoms with Crippen molar-refractivity contribution in [2.75, 3.05) is 11.4 Å². The fraction of sp³-hybridized carbons (Fsp3) is 0.667. The van der Waals surface area contributed by atoms with E-state index in [4.69, 9.17) is 0 Å². The average molecular weight is 257 g/mol. The largest absolute Gasteiger partial charge is 0.368 e. The molecule has 19 heavy (non-hydrogen) atoms. The number of nitrogens with zero attached hydrogens (tertiary/aromatic N) is 1. The second-order valence-corrected chi connectivity index (χ2v) is 6.79. The normalized spacial score (nSPS) is 32.6. The van der Waals surface area contributed by atoms with Gasteiger partial charge in [0.15, 0.2) is 0 Å². The molecule has 1 aliphatic heterocycles. The van der Waals surface area contributed by atoms with Gasteiger partial charge in [0.1, 0.15) is 0 Å². The highest BCUT2D eigenvalue weighted by Crippen LogP contribution is 2.49. The van der Waals surface area contributed by atoms with Gasteiger partial charge in [-0.3, -0.25) is 0 Å². The van der Waals surface area contributed by atoms with Crippen LogP contribution in [0.15, 0.2) is 6.07 Å². The third-order valence-corrected chi connectivity index (χ3v) is 5.94. The molecule has 4 atom stereocenters. The first-order chi connectivity index (χ1) is 8.97. The van der Waals surface area contributed by atoms with Crippen LogP contribution in [-0.4, -0.2) is 12.6 Å². The topological polar surface area (TPSA) is 3.24 Å². The highest BCUT2D eigenvalue weighted by atomic mass is 15.2. The van der Waals surface area contributed by atoms with Crippen molar-refractivity contribution in [2.24, 2.45) is 5.92 Å². The average Bonchev–Trinajstić information content (AvgIpc) is 2.80. The lowest BCUT2D eigenvalue weighted by Crippen LogP contribution is -2.30.